The normalized spacial score (nSPS) is 12.9. The van der Waals surface area contributed by atoms with Crippen molar-refractivity contribution in [3.63, 3.8) is 0 Å². The second-order valence-electron chi connectivity index (χ2n) is 13.6. The van der Waals surface area contributed by atoms with E-state index in [1.807, 2.05) is 0 Å². The van der Waals surface area contributed by atoms with Gasteiger partial charge in [0.05, 0.1) is 6.61 Å². The van der Waals surface area contributed by atoms with Crippen LogP contribution in [0.15, 0.2) is 48.6 Å². The summed E-state index contributed by atoms with van der Waals surface area (Å²) in [5, 5.41) is 0. The van der Waals surface area contributed by atoms with Crippen molar-refractivity contribution in [2.45, 2.75) is 193 Å². The fourth-order valence-electron chi connectivity index (χ4n) is 5.53. The molecule has 8 nitrogen and oxygen atoms in total. The highest BCUT2D eigenvalue weighted by Gasteiger charge is 2.22. The van der Waals surface area contributed by atoms with Gasteiger partial charge in [-0.05, 0) is 57.8 Å². The molecule has 0 aromatic rings. The summed E-state index contributed by atoms with van der Waals surface area (Å²) in [5.74, 6) is -0.918. The molecule has 0 spiro atoms. The van der Waals surface area contributed by atoms with Crippen molar-refractivity contribution in [3.05, 3.63) is 48.6 Å². The number of carbonyl (C=O) groups is 2. The van der Waals surface area contributed by atoms with Crippen LogP contribution in [0, 0.1) is 0 Å². The van der Waals surface area contributed by atoms with Gasteiger partial charge in [-0.2, -0.15) is 0 Å². The molecule has 0 aliphatic carbocycles. The Balaban J connectivity index is 4.01. The van der Waals surface area contributed by atoms with E-state index in [1.165, 1.54) is 96.3 Å². The van der Waals surface area contributed by atoms with Gasteiger partial charge in [-0.1, -0.05) is 165 Å². The highest BCUT2D eigenvalue weighted by molar-refractivity contribution is 7.46. The van der Waals surface area contributed by atoms with Gasteiger partial charge in [-0.25, -0.2) is 4.57 Å². The van der Waals surface area contributed by atoms with E-state index >= 15 is 0 Å². The lowest BCUT2D eigenvalue weighted by molar-refractivity contribution is -0.161. The summed E-state index contributed by atoms with van der Waals surface area (Å²) in [4.78, 5) is 42.8. The number of esters is 2. The van der Waals surface area contributed by atoms with Crippen LogP contribution in [0.5, 0.6) is 0 Å². The van der Waals surface area contributed by atoms with Gasteiger partial charge in [0, 0.05) is 12.8 Å². The molecule has 2 N–H and O–H groups in total. The molecule has 0 heterocycles. The Morgan fingerprint density at radius 2 is 0.882 bits per heavy atom. The number of phosphoric acid groups is 1. The van der Waals surface area contributed by atoms with Gasteiger partial charge in [-0.3, -0.25) is 14.1 Å². The summed E-state index contributed by atoms with van der Waals surface area (Å²) in [6.45, 7) is 3.63. The van der Waals surface area contributed by atoms with Crippen molar-refractivity contribution in [1.82, 2.24) is 0 Å². The number of unbranched alkanes of at least 4 members (excludes halogenated alkanes) is 19. The van der Waals surface area contributed by atoms with E-state index in [0.29, 0.717) is 6.42 Å². The number of ether oxygens (including phenoxy) is 2. The molecule has 0 radical (unpaired) electrons. The summed E-state index contributed by atoms with van der Waals surface area (Å²) >= 11 is 0. The minimum atomic E-state index is -4.76. The molecular formula is C42H75O8P. The van der Waals surface area contributed by atoms with Gasteiger partial charge < -0.3 is 19.3 Å². The SMILES string of the molecule is CCCCC/C=C\C/C=C\C/C=C\C/C=C\CCCCCC(=O)O[C@H](COC(=O)CCCCCCCCCCCCCCCC)COP(=O)(O)O. The average molecular weight is 739 g/mol. The Kier molecular flexibility index (Phi) is 36.3. The summed E-state index contributed by atoms with van der Waals surface area (Å²) in [6, 6.07) is 0. The molecule has 0 aromatic heterocycles. The predicted molar refractivity (Wildman–Crippen MR) is 211 cm³/mol. The monoisotopic (exact) mass is 739 g/mol. The first-order valence-electron chi connectivity index (χ1n) is 20.4. The summed E-state index contributed by atoms with van der Waals surface area (Å²) < 4.78 is 26.3. The molecule has 0 unspecified atom stereocenters. The fraction of sp³-hybridized carbons (Fsp3) is 0.762. The molecule has 0 aliphatic rings. The molecule has 0 aromatic carbocycles. The Labute approximate surface area is 312 Å². The minimum absolute atomic E-state index is 0.175. The van der Waals surface area contributed by atoms with Crippen molar-refractivity contribution < 1.29 is 37.9 Å². The van der Waals surface area contributed by atoms with Crippen molar-refractivity contribution in [2.24, 2.45) is 0 Å². The van der Waals surface area contributed by atoms with E-state index in [1.54, 1.807) is 0 Å². The Bertz CT molecular complexity index is 968. The third-order valence-electron chi connectivity index (χ3n) is 8.60. The van der Waals surface area contributed by atoms with Crippen LogP contribution in [-0.2, 0) is 28.2 Å². The van der Waals surface area contributed by atoms with Gasteiger partial charge in [0.15, 0.2) is 6.10 Å². The smallest absolute Gasteiger partial charge is 0.462 e. The van der Waals surface area contributed by atoms with Gasteiger partial charge in [0.2, 0.25) is 0 Å². The molecule has 0 bridgehead atoms. The molecule has 0 saturated carbocycles. The molecular weight excluding hydrogens is 663 g/mol. The Morgan fingerprint density at radius 1 is 0.510 bits per heavy atom. The molecule has 0 amide bonds. The zero-order valence-electron chi connectivity index (χ0n) is 32.5. The van der Waals surface area contributed by atoms with Crippen LogP contribution in [-0.4, -0.2) is 41.0 Å². The van der Waals surface area contributed by atoms with E-state index in [-0.39, 0.29) is 19.4 Å². The quantitative estimate of drug-likeness (QED) is 0.0280. The first-order valence-corrected chi connectivity index (χ1v) is 22.0. The van der Waals surface area contributed by atoms with Crippen LogP contribution >= 0.6 is 7.82 Å². The maximum atomic E-state index is 12.4. The van der Waals surface area contributed by atoms with E-state index in [4.69, 9.17) is 19.3 Å². The highest BCUT2D eigenvalue weighted by Crippen LogP contribution is 2.36. The van der Waals surface area contributed by atoms with Crippen molar-refractivity contribution >= 4 is 19.8 Å². The van der Waals surface area contributed by atoms with Crippen LogP contribution in [0.4, 0.5) is 0 Å². The fourth-order valence-corrected chi connectivity index (χ4v) is 5.89. The maximum Gasteiger partial charge on any atom is 0.469 e. The molecule has 296 valence electrons. The van der Waals surface area contributed by atoms with E-state index in [9.17, 15) is 14.2 Å². The second-order valence-corrected chi connectivity index (χ2v) is 14.9. The van der Waals surface area contributed by atoms with Crippen LogP contribution < -0.4 is 0 Å². The van der Waals surface area contributed by atoms with E-state index in [0.717, 1.165) is 57.8 Å². The number of hydrogen-bond donors (Lipinski definition) is 2. The molecule has 1 atom stereocenters. The summed E-state index contributed by atoms with van der Waals surface area (Å²) in [5.41, 5.74) is 0. The van der Waals surface area contributed by atoms with Crippen LogP contribution in [0.2, 0.25) is 0 Å². The second kappa shape index (κ2) is 37.8. The van der Waals surface area contributed by atoms with Gasteiger partial charge in [-0.15, -0.1) is 0 Å². The Hall–Kier alpha value is -1.99. The lowest BCUT2D eigenvalue weighted by Crippen LogP contribution is -2.29. The topological polar surface area (TPSA) is 119 Å². The van der Waals surface area contributed by atoms with E-state index < -0.39 is 32.5 Å². The van der Waals surface area contributed by atoms with E-state index in [2.05, 4.69) is 67.0 Å². The minimum Gasteiger partial charge on any atom is -0.462 e. The number of hydrogen-bond acceptors (Lipinski definition) is 6. The lowest BCUT2D eigenvalue weighted by atomic mass is 10.0. The predicted octanol–water partition coefficient (Wildman–Crippen LogP) is 12.3. The molecule has 51 heavy (non-hydrogen) atoms. The standard InChI is InChI=1S/C42H75O8P/c1-3-5-7-9-11-13-15-17-19-20-21-22-23-25-27-29-31-33-35-37-42(44)50-40(39-49-51(45,46)47)38-48-41(43)36-34-32-30-28-26-24-18-16-14-12-10-8-6-4-2/h11,13,17,19,21-22,25,27,40H,3-10,12,14-16,18,20,23-24,26,28-39H2,1-2H3,(H2,45,46,47)/b13-11-,19-17-,22-21-,27-25-/t40-/m1/s1. The van der Waals surface area contributed by atoms with Crippen LogP contribution in [0.1, 0.15) is 187 Å². The van der Waals surface area contributed by atoms with Crippen LogP contribution in [0.25, 0.3) is 0 Å². The van der Waals surface area contributed by atoms with Crippen molar-refractivity contribution in [2.75, 3.05) is 13.2 Å². The molecule has 0 aliphatic heterocycles. The molecule has 0 rings (SSSR count). The third kappa shape index (κ3) is 40.6. The zero-order valence-corrected chi connectivity index (χ0v) is 33.4. The molecule has 9 heteroatoms. The first-order chi connectivity index (χ1) is 24.8. The number of rotatable bonds is 37. The molecule has 0 saturated heterocycles. The van der Waals surface area contributed by atoms with Crippen LogP contribution in [0.3, 0.4) is 0 Å². The highest BCUT2D eigenvalue weighted by atomic mass is 31.2. The van der Waals surface area contributed by atoms with Gasteiger partial charge in [0.1, 0.15) is 6.61 Å². The van der Waals surface area contributed by atoms with Gasteiger partial charge in [0.25, 0.3) is 0 Å². The number of phosphoric ester groups is 1. The number of carbonyl (C=O) groups excluding carboxylic acids is 2. The third-order valence-corrected chi connectivity index (χ3v) is 9.09. The number of allylic oxidation sites excluding steroid dienone is 8. The lowest BCUT2D eigenvalue weighted by Gasteiger charge is -2.18. The summed E-state index contributed by atoms with van der Waals surface area (Å²) in [7, 11) is -4.76. The van der Waals surface area contributed by atoms with Gasteiger partial charge >= 0.3 is 19.8 Å². The first kappa shape index (κ1) is 49.0. The largest absolute Gasteiger partial charge is 0.469 e. The average Bonchev–Trinajstić information content (AvgIpc) is 3.10. The van der Waals surface area contributed by atoms with Crippen molar-refractivity contribution in [1.29, 1.82) is 0 Å². The zero-order chi connectivity index (χ0) is 37.5. The Morgan fingerprint density at radius 3 is 1.35 bits per heavy atom. The summed E-state index contributed by atoms with van der Waals surface area (Å²) in [6.07, 6.45) is 45.4. The van der Waals surface area contributed by atoms with Crippen molar-refractivity contribution in [3.8, 4) is 0 Å². The molecule has 0 fully saturated rings. The maximum absolute atomic E-state index is 12.4.